The van der Waals surface area contributed by atoms with Gasteiger partial charge in [0.25, 0.3) is 0 Å². The Morgan fingerprint density at radius 1 is 1.55 bits per heavy atom. The van der Waals surface area contributed by atoms with E-state index in [1.165, 1.54) is 0 Å². The second-order valence-electron chi connectivity index (χ2n) is 4.88. The normalized spacial score (nSPS) is 18.4. The lowest BCUT2D eigenvalue weighted by molar-refractivity contribution is -0.131. The molecule has 1 fully saturated rings. The minimum absolute atomic E-state index is 0. The molecule has 0 aromatic heterocycles. The summed E-state index contributed by atoms with van der Waals surface area (Å²) in [6.45, 7) is 1.48. The van der Waals surface area contributed by atoms with Crippen LogP contribution in [0.4, 0.5) is 0 Å². The van der Waals surface area contributed by atoms with E-state index in [1.54, 1.807) is 7.11 Å². The van der Waals surface area contributed by atoms with Crippen LogP contribution in [0.5, 0.6) is 5.75 Å². The molecule has 0 radical (unpaired) electrons. The Hall–Kier alpha value is -0.780. The molecule has 1 atom stereocenters. The fourth-order valence-corrected chi connectivity index (χ4v) is 2.72. The molecule has 1 amide bonds. The largest absolute Gasteiger partial charge is 0.496 e. The number of piperidine rings is 1. The predicted octanol–water partition coefficient (Wildman–Crippen LogP) is 2.37. The van der Waals surface area contributed by atoms with Gasteiger partial charge in [-0.2, -0.15) is 0 Å². The molecule has 0 unspecified atom stereocenters. The highest BCUT2D eigenvalue weighted by molar-refractivity contribution is 9.10. The summed E-state index contributed by atoms with van der Waals surface area (Å²) in [5.74, 6) is 0.861. The Balaban J connectivity index is 0.00000200. The second-order valence-corrected chi connectivity index (χ2v) is 5.79. The first-order valence-electron chi connectivity index (χ1n) is 6.46. The van der Waals surface area contributed by atoms with Gasteiger partial charge in [0.15, 0.2) is 0 Å². The molecule has 1 aromatic rings. The minimum atomic E-state index is 0. The van der Waals surface area contributed by atoms with Crippen molar-refractivity contribution in [3.8, 4) is 5.75 Å². The zero-order valence-electron chi connectivity index (χ0n) is 11.5. The van der Waals surface area contributed by atoms with E-state index in [-0.39, 0.29) is 24.4 Å². The number of carbonyl (C=O) groups excluding carboxylic acids is 1. The monoisotopic (exact) mass is 362 g/mol. The van der Waals surface area contributed by atoms with Gasteiger partial charge in [0.1, 0.15) is 5.75 Å². The molecule has 2 rings (SSSR count). The SMILES string of the molecule is COc1cc(Br)ccc1CC(=O)N1CCC[C@@H](N)C1.Cl. The molecule has 0 bridgehead atoms. The summed E-state index contributed by atoms with van der Waals surface area (Å²) in [5, 5.41) is 0. The highest BCUT2D eigenvalue weighted by Crippen LogP contribution is 2.24. The second kappa shape index (κ2) is 7.86. The Bertz CT molecular complexity index is 470. The van der Waals surface area contributed by atoms with Crippen molar-refractivity contribution >= 4 is 34.2 Å². The van der Waals surface area contributed by atoms with E-state index < -0.39 is 0 Å². The van der Waals surface area contributed by atoms with Crippen molar-refractivity contribution in [1.29, 1.82) is 0 Å². The van der Waals surface area contributed by atoms with Crippen LogP contribution >= 0.6 is 28.3 Å². The molecule has 6 heteroatoms. The van der Waals surface area contributed by atoms with Gasteiger partial charge in [-0.1, -0.05) is 22.0 Å². The van der Waals surface area contributed by atoms with Gasteiger partial charge in [0, 0.05) is 29.2 Å². The van der Waals surface area contributed by atoms with E-state index in [0.717, 1.165) is 35.2 Å². The summed E-state index contributed by atoms with van der Waals surface area (Å²) in [7, 11) is 1.62. The number of carbonyl (C=O) groups is 1. The molecular weight excluding hydrogens is 344 g/mol. The first-order chi connectivity index (χ1) is 9.10. The van der Waals surface area contributed by atoms with E-state index in [9.17, 15) is 4.79 Å². The number of methoxy groups -OCH3 is 1. The highest BCUT2D eigenvalue weighted by Gasteiger charge is 2.22. The molecule has 112 valence electrons. The fourth-order valence-electron chi connectivity index (χ4n) is 2.38. The molecule has 0 spiro atoms. The fraction of sp³-hybridized carbons (Fsp3) is 0.500. The van der Waals surface area contributed by atoms with Gasteiger partial charge in [-0.25, -0.2) is 0 Å². The average Bonchev–Trinajstić information content (AvgIpc) is 2.40. The predicted molar refractivity (Wildman–Crippen MR) is 85.4 cm³/mol. The molecule has 1 aliphatic rings. The molecule has 1 heterocycles. The van der Waals surface area contributed by atoms with Crippen LogP contribution in [0.1, 0.15) is 18.4 Å². The molecule has 2 N–H and O–H groups in total. The zero-order valence-corrected chi connectivity index (χ0v) is 13.9. The molecule has 4 nitrogen and oxygen atoms in total. The van der Waals surface area contributed by atoms with Crippen LogP contribution in [0.15, 0.2) is 22.7 Å². The smallest absolute Gasteiger partial charge is 0.227 e. The number of nitrogens with two attached hydrogens (primary N) is 1. The van der Waals surface area contributed by atoms with Gasteiger partial charge in [0.05, 0.1) is 13.5 Å². The first-order valence-corrected chi connectivity index (χ1v) is 7.25. The van der Waals surface area contributed by atoms with Crippen molar-refractivity contribution in [2.24, 2.45) is 5.73 Å². The number of ether oxygens (including phenoxy) is 1. The molecule has 1 aliphatic heterocycles. The lowest BCUT2D eigenvalue weighted by Gasteiger charge is -2.31. The van der Waals surface area contributed by atoms with Gasteiger partial charge in [-0.15, -0.1) is 12.4 Å². The lowest BCUT2D eigenvalue weighted by Crippen LogP contribution is -2.46. The first kappa shape index (κ1) is 17.3. The standard InChI is InChI=1S/C14H19BrN2O2.ClH/c1-19-13-8-11(15)5-4-10(13)7-14(18)17-6-2-3-12(16)9-17;/h4-5,8,12H,2-3,6-7,9,16H2,1H3;1H/t12-;/m1./s1. The Labute approximate surface area is 134 Å². The van der Waals surface area contributed by atoms with Crippen molar-refractivity contribution in [2.75, 3.05) is 20.2 Å². The van der Waals surface area contributed by atoms with E-state index in [2.05, 4.69) is 15.9 Å². The summed E-state index contributed by atoms with van der Waals surface area (Å²) >= 11 is 3.40. The van der Waals surface area contributed by atoms with Crippen molar-refractivity contribution in [2.45, 2.75) is 25.3 Å². The third kappa shape index (κ3) is 4.36. The number of halogens is 2. The Kier molecular flexibility index (Phi) is 6.79. The molecule has 20 heavy (non-hydrogen) atoms. The number of rotatable bonds is 3. The lowest BCUT2D eigenvalue weighted by atomic mass is 10.0. The van der Waals surface area contributed by atoms with Crippen molar-refractivity contribution < 1.29 is 9.53 Å². The van der Waals surface area contributed by atoms with Gasteiger partial charge in [-0.05, 0) is 25.0 Å². The molecule has 1 aromatic carbocycles. The Morgan fingerprint density at radius 2 is 2.30 bits per heavy atom. The summed E-state index contributed by atoms with van der Waals surface area (Å²) < 4.78 is 6.26. The maximum atomic E-state index is 12.3. The summed E-state index contributed by atoms with van der Waals surface area (Å²) in [6, 6.07) is 5.84. The van der Waals surface area contributed by atoms with Gasteiger partial charge in [-0.3, -0.25) is 4.79 Å². The molecule has 0 aliphatic carbocycles. The van der Waals surface area contributed by atoms with E-state index in [4.69, 9.17) is 10.5 Å². The summed E-state index contributed by atoms with van der Waals surface area (Å²) in [6.07, 6.45) is 2.36. The minimum Gasteiger partial charge on any atom is -0.496 e. The van der Waals surface area contributed by atoms with Gasteiger partial charge in [0.2, 0.25) is 5.91 Å². The quantitative estimate of drug-likeness (QED) is 0.897. The van der Waals surface area contributed by atoms with Gasteiger partial charge < -0.3 is 15.4 Å². The van der Waals surface area contributed by atoms with Crippen LogP contribution in [0.25, 0.3) is 0 Å². The van der Waals surface area contributed by atoms with Crippen molar-refractivity contribution in [3.05, 3.63) is 28.2 Å². The number of likely N-dealkylation sites (tertiary alicyclic amines) is 1. The number of nitrogens with zero attached hydrogens (tertiary/aromatic N) is 1. The van der Waals surface area contributed by atoms with Crippen LogP contribution in [0, 0.1) is 0 Å². The molecular formula is C14H20BrClN2O2. The maximum Gasteiger partial charge on any atom is 0.227 e. The van der Waals surface area contributed by atoms with Crippen LogP contribution < -0.4 is 10.5 Å². The number of hydrogen-bond acceptors (Lipinski definition) is 3. The number of amides is 1. The van der Waals surface area contributed by atoms with E-state index in [0.29, 0.717) is 13.0 Å². The van der Waals surface area contributed by atoms with E-state index in [1.807, 2.05) is 23.1 Å². The third-order valence-corrected chi connectivity index (χ3v) is 3.89. The number of benzene rings is 1. The maximum absolute atomic E-state index is 12.3. The number of hydrogen-bond donors (Lipinski definition) is 1. The van der Waals surface area contributed by atoms with Crippen LogP contribution in [-0.2, 0) is 11.2 Å². The summed E-state index contributed by atoms with van der Waals surface area (Å²) in [4.78, 5) is 14.1. The molecule has 1 saturated heterocycles. The van der Waals surface area contributed by atoms with Crippen molar-refractivity contribution in [1.82, 2.24) is 4.90 Å². The zero-order chi connectivity index (χ0) is 13.8. The van der Waals surface area contributed by atoms with Gasteiger partial charge >= 0.3 is 0 Å². The van der Waals surface area contributed by atoms with Crippen molar-refractivity contribution in [3.63, 3.8) is 0 Å². The van der Waals surface area contributed by atoms with Crippen LogP contribution in [0.2, 0.25) is 0 Å². The van der Waals surface area contributed by atoms with E-state index >= 15 is 0 Å². The highest BCUT2D eigenvalue weighted by atomic mass is 79.9. The third-order valence-electron chi connectivity index (χ3n) is 3.40. The topological polar surface area (TPSA) is 55.6 Å². The summed E-state index contributed by atoms with van der Waals surface area (Å²) in [5.41, 5.74) is 6.82. The molecule has 0 saturated carbocycles. The van der Waals surface area contributed by atoms with Crippen LogP contribution in [-0.4, -0.2) is 37.0 Å². The van der Waals surface area contributed by atoms with Crippen LogP contribution in [0.3, 0.4) is 0 Å². The average molecular weight is 364 g/mol. The Morgan fingerprint density at radius 3 is 2.95 bits per heavy atom.